The second-order valence-electron chi connectivity index (χ2n) is 10.9. The molecule has 1 amide bonds. The molecule has 0 saturated carbocycles. The minimum atomic E-state index is -0.740. The summed E-state index contributed by atoms with van der Waals surface area (Å²) in [4.78, 5) is 40.1. The van der Waals surface area contributed by atoms with Crippen LogP contribution in [0.3, 0.4) is 0 Å². The fourth-order valence-corrected chi connectivity index (χ4v) is 5.19. The van der Waals surface area contributed by atoms with Gasteiger partial charge < -0.3 is 25.3 Å². The van der Waals surface area contributed by atoms with Crippen LogP contribution in [-0.4, -0.2) is 46.4 Å². The predicted molar refractivity (Wildman–Crippen MR) is 181 cm³/mol. The second-order valence-corrected chi connectivity index (χ2v) is 10.9. The first-order chi connectivity index (χ1) is 23.3. The summed E-state index contributed by atoms with van der Waals surface area (Å²) in [5, 5.41) is 11.0. The second kappa shape index (κ2) is 15.5. The van der Waals surface area contributed by atoms with Crippen molar-refractivity contribution in [1.82, 2.24) is 15.0 Å². The Balaban J connectivity index is 1.36. The Morgan fingerprint density at radius 1 is 0.896 bits per heavy atom. The van der Waals surface area contributed by atoms with Crippen molar-refractivity contribution in [3.8, 4) is 11.5 Å². The number of methoxy groups -OCH3 is 1. The van der Waals surface area contributed by atoms with Crippen LogP contribution in [0.5, 0.6) is 11.5 Å². The van der Waals surface area contributed by atoms with Crippen LogP contribution in [0.2, 0.25) is 0 Å². The highest BCUT2D eigenvalue weighted by Crippen LogP contribution is 2.30. The highest BCUT2D eigenvalue weighted by molar-refractivity contribution is 6.15. The van der Waals surface area contributed by atoms with Crippen LogP contribution in [0.1, 0.15) is 80.8 Å². The number of ether oxygens (including phenoxy) is 3. The third-order valence-corrected chi connectivity index (χ3v) is 7.59. The lowest BCUT2D eigenvalue weighted by Gasteiger charge is -2.21. The SMILES string of the molecule is CCCC(Oc1ccccc1C(=O)Nc1ccc(C(=O)c2nnn(Cc3ccc(OC)cc3)c2C(=O)OCC)c(N)c1)c1ccccc1. The first-order valence-electron chi connectivity index (χ1n) is 15.6. The van der Waals surface area contributed by atoms with Gasteiger partial charge in [-0.25, -0.2) is 9.48 Å². The molecule has 11 nitrogen and oxygen atoms in total. The van der Waals surface area contributed by atoms with Gasteiger partial charge in [-0.1, -0.05) is 73.2 Å². The van der Waals surface area contributed by atoms with E-state index in [9.17, 15) is 14.4 Å². The van der Waals surface area contributed by atoms with E-state index in [2.05, 4.69) is 22.6 Å². The maximum atomic E-state index is 13.7. The highest BCUT2D eigenvalue weighted by atomic mass is 16.5. The molecule has 3 N–H and O–H groups in total. The molecule has 48 heavy (non-hydrogen) atoms. The van der Waals surface area contributed by atoms with Gasteiger partial charge in [0.05, 0.1) is 25.8 Å². The van der Waals surface area contributed by atoms with Crippen molar-refractivity contribution in [1.29, 1.82) is 0 Å². The molecular formula is C37H37N5O6. The Morgan fingerprint density at radius 3 is 2.31 bits per heavy atom. The van der Waals surface area contributed by atoms with Gasteiger partial charge in [0.15, 0.2) is 11.4 Å². The average molecular weight is 648 g/mol. The lowest BCUT2D eigenvalue weighted by Crippen LogP contribution is -2.18. The molecule has 0 radical (unpaired) electrons. The summed E-state index contributed by atoms with van der Waals surface area (Å²) in [5.41, 5.74) is 8.74. The minimum absolute atomic E-state index is 0.0777. The van der Waals surface area contributed by atoms with E-state index in [1.165, 1.54) is 16.8 Å². The molecule has 1 aromatic heterocycles. The fraction of sp³-hybridized carbons (Fsp3) is 0.216. The summed E-state index contributed by atoms with van der Waals surface area (Å²) >= 11 is 0. The minimum Gasteiger partial charge on any atom is -0.497 e. The van der Waals surface area contributed by atoms with Crippen LogP contribution < -0.4 is 20.5 Å². The van der Waals surface area contributed by atoms with Crippen LogP contribution in [0, 0.1) is 0 Å². The number of esters is 1. The molecule has 0 saturated heterocycles. The zero-order chi connectivity index (χ0) is 34.0. The maximum absolute atomic E-state index is 13.7. The number of carbonyl (C=O) groups is 3. The molecule has 0 aliphatic rings. The number of para-hydroxylation sites is 1. The van der Waals surface area contributed by atoms with Gasteiger partial charge in [-0.2, -0.15) is 0 Å². The lowest BCUT2D eigenvalue weighted by atomic mass is 10.0. The number of hydrogen-bond donors (Lipinski definition) is 2. The number of ketones is 1. The van der Waals surface area contributed by atoms with Gasteiger partial charge >= 0.3 is 5.97 Å². The third-order valence-electron chi connectivity index (χ3n) is 7.59. The molecule has 0 spiro atoms. The molecule has 5 rings (SSSR count). The van der Waals surface area contributed by atoms with Gasteiger partial charge in [0.1, 0.15) is 17.6 Å². The number of carbonyl (C=O) groups excluding carboxylic acids is 3. The number of nitrogen functional groups attached to an aromatic ring is 1. The Kier molecular flexibility index (Phi) is 10.8. The van der Waals surface area contributed by atoms with Crippen molar-refractivity contribution in [3.63, 3.8) is 0 Å². The van der Waals surface area contributed by atoms with Gasteiger partial charge in [-0.15, -0.1) is 5.10 Å². The summed E-state index contributed by atoms with van der Waals surface area (Å²) < 4.78 is 18.1. The largest absolute Gasteiger partial charge is 0.497 e. The molecule has 1 unspecified atom stereocenters. The van der Waals surface area contributed by atoms with Gasteiger partial charge in [-0.3, -0.25) is 9.59 Å². The van der Waals surface area contributed by atoms with Crippen molar-refractivity contribution in [2.45, 2.75) is 39.3 Å². The van der Waals surface area contributed by atoms with E-state index in [-0.39, 0.29) is 41.9 Å². The zero-order valence-electron chi connectivity index (χ0n) is 27.0. The Bertz CT molecular complexity index is 1890. The van der Waals surface area contributed by atoms with E-state index >= 15 is 0 Å². The summed E-state index contributed by atoms with van der Waals surface area (Å²) in [6.45, 7) is 4.00. The molecule has 1 atom stereocenters. The molecule has 4 aromatic carbocycles. The van der Waals surface area contributed by atoms with Gasteiger partial charge in [0, 0.05) is 16.9 Å². The highest BCUT2D eigenvalue weighted by Gasteiger charge is 2.29. The van der Waals surface area contributed by atoms with Crippen LogP contribution in [0.25, 0.3) is 0 Å². The zero-order valence-corrected chi connectivity index (χ0v) is 27.0. The maximum Gasteiger partial charge on any atom is 0.359 e. The van der Waals surface area contributed by atoms with E-state index in [1.807, 2.05) is 48.5 Å². The van der Waals surface area contributed by atoms with Gasteiger partial charge in [0.2, 0.25) is 5.78 Å². The normalized spacial score (nSPS) is 11.4. The quantitative estimate of drug-likeness (QED) is 0.0783. The van der Waals surface area contributed by atoms with Crippen molar-refractivity contribution in [3.05, 3.63) is 131 Å². The van der Waals surface area contributed by atoms with Gasteiger partial charge in [0.25, 0.3) is 5.91 Å². The van der Waals surface area contributed by atoms with Gasteiger partial charge in [-0.05, 0) is 66.9 Å². The first kappa shape index (κ1) is 33.4. The molecule has 0 fully saturated rings. The molecule has 0 aliphatic heterocycles. The summed E-state index contributed by atoms with van der Waals surface area (Å²) in [7, 11) is 1.57. The van der Waals surface area contributed by atoms with Crippen LogP contribution in [-0.2, 0) is 11.3 Å². The van der Waals surface area contributed by atoms with Crippen LogP contribution >= 0.6 is 0 Å². The summed E-state index contributed by atoms with van der Waals surface area (Å²) in [6, 6.07) is 28.6. The predicted octanol–water partition coefficient (Wildman–Crippen LogP) is 6.50. The van der Waals surface area contributed by atoms with E-state index in [4.69, 9.17) is 19.9 Å². The van der Waals surface area contributed by atoms with Crippen molar-refractivity contribution in [2.75, 3.05) is 24.8 Å². The molecule has 0 bridgehead atoms. The van der Waals surface area contributed by atoms with E-state index < -0.39 is 17.7 Å². The Morgan fingerprint density at radius 2 is 1.62 bits per heavy atom. The number of benzene rings is 4. The molecule has 1 heterocycles. The monoisotopic (exact) mass is 647 g/mol. The number of amides is 1. The number of aromatic nitrogens is 3. The summed E-state index contributed by atoms with van der Waals surface area (Å²) in [5.74, 6) is -0.637. The van der Waals surface area contributed by atoms with Crippen molar-refractivity contribution >= 4 is 29.0 Å². The number of rotatable bonds is 14. The van der Waals surface area contributed by atoms with E-state index in [1.54, 1.807) is 50.4 Å². The summed E-state index contributed by atoms with van der Waals surface area (Å²) in [6.07, 6.45) is 1.46. The standard InChI is InChI=1S/C37H37N5O6/c1-4-11-31(25-12-7-6-8-13-25)48-32-15-10-9-14-29(32)36(44)39-26-18-21-28(30(38)22-26)35(43)33-34(37(45)47-5-2)42(41-40-33)23-24-16-19-27(46-3)20-17-24/h6-10,12-22,31H,4-5,11,23,38H2,1-3H3,(H,39,44). The number of anilines is 2. The number of nitrogens with one attached hydrogen (secondary N) is 1. The molecule has 11 heteroatoms. The molecule has 246 valence electrons. The lowest BCUT2D eigenvalue weighted by molar-refractivity contribution is 0.0509. The number of hydrogen-bond acceptors (Lipinski definition) is 9. The van der Waals surface area contributed by atoms with Crippen LogP contribution in [0.4, 0.5) is 11.4 Å². The van der Waals surface area contributed by atoms with Crippen molar-refractivity contribution < 1.29 is 28.6 Å². The van der Waals surface area contributed by atoms with Crippen LogP contribution in [0.15, 0.2) is 97.1 Å². The first-order valence-corrected chi connectivity index (χ1v) is 15.6. The van der Waals surface area contributed by atoms with E-state index in [0.717, 1.165) is 24.0 Å². The fourth-order valence-electron chi connectivity index (χ4n) is 5.19. The third kappa shape index (κ3) is 7.69. The average Bonchev–Trinajstić information content (AvgIpc) is 3.52. The van der Waals surface area contributed by atoms with Crippen molar-refractivity contribution in [2.24, 2.45) is 0 Å². The molecule has 5 aromatic rings. The topological polar surface area (TPSA) is 148 Å². The molecular weight excluding hydrogens is 610 g/mol. The Labute approximate surface area is 278 Å². The smallest absolute Gasteiger partial charge is 0.359 e. The van der Waals surface area contributed by atoms with E-state index in [0.29, 0.717) is 22.7 Å². The number of nitrogens with two attached hydrogens (primary N) is 1. The Hall–Kier alpha value is -5.97. The molecule has 0 aliphatic carbocycles. The number of nitrogens with zero attached hydrogens (tertiary/aromatic N) is 3.